The van der Waals surface area contributed by atoms with Crippen molar-refractivity contribution in [1.82, 2.24) is 4.90 Å². The number of carbonyl (C=O) groups excluding carboxylic acids is 3. The van der Waals surface area contributed by atoms with Gasteiger partial charge in [-0.15, -0.1) is 0 Å². The van der Waals surface area contributed by atoms with Gasteiger partial charge in [0.2, 0.25) is 5.91 Å². The summed E-state index contributed by atoms with van der Waals surface area (Å²) < 4.78 is 43.4. The maximum Gasteiger partial charge on any atom is 0.416 e. The highest BCUT2D eigenvalue weighted by atomic mass is 19.4. The number of hydrogen-bond donors (Lipinski definition) is 1. The van der Waals surface area contributed by atoms with E-state index < -0.39 is 36.2 Å². The van der Waals surface area contributed by atoms with E-state index in [2.05, 4.69) is 4.74 Å². The minimum atomic E-state index is -4.45. The second-order valence-corrected chi connectivity index (χ2v) is 8.40. The Kier molecular flexibility index (Phi) is 6.94. The Morgan fingerprint density at radius 1 is 1.03 bits per heavy atom. The lowest BCUT2D eigenvalue weighted by atomic mass is 9.90. The second kappa shape index (κ2) is 9.94. The molecule has 3 aromatic rings. The Labute approximate surface area is 205 Å². The molecule has 1 heterocycles. The van der Waals surface area contributed by atoms with Crippen LogP contribution in [0.3, 0.4) is 0 Å². The van der Waals surface area contributed by atoms with Crippen molar-refractivity contribution in [3.63, 3.8) is 0 Å². The molecule has 1 atom stereocenters. The van der Waals surface area contributed by atoms with Gasteiger partial charge in [-0.1, -0.05) is 48.5 Å². The Balaban J connectivity index is 1.60. The molecule has 2 N–H and O–H groups in total. The first-order valence-corrected chi connectivity index (χ1v) is 11.2. The molecule has 0 aliphatic carbocycles. The van der Waals surface area contributed by atoms with Crippen LogP contribution in [0.25, 0.3) is 11.1 Å². The summed E-state index contributed by atoms with van der Waals surface area (Å²) in [5, 5.41) is 0. The quantitative estimate of drug-likeness (QED) is 0.319. The van der Waals surface area contributed by atoms with E-state index in [0.29, 0.717) is 34.2 Å². The van der Waals surface area contributed by atoms with Crippen molar-refractivity contribution in [2.45, 2.75) is 25.2 Å². The third-order valence-corrected chi connectivity index (χ3v) is 6.22. The molecule has 9 heteroatoms. The number of esters is 1. The number of halogens is 3. The minimum absolute atomic E-state index is 0.282. The highest BCUT2D eigenvalue weighted by Crippen LogP contribution is 2.33. The lowest BCUT2D eigenvalue weighted by Crippen LogP contribution is -2.44. The molecule has 0 fully saturated rings. The normalized spacial score (nSPS) is 15.2. The summed E-state index contributed by atoms with van der Waals surface area (Å²) in [7, 11) is 1.20. The van der Waals surface area contributed by atoms with E-state index in [4.69, 9.17) is 5.73 Å². The first-order valence-electron chi connectivity index (χ1n) is 11.2. The summed E-state index contributed by atoms with van der Waals surface area (Å²) in [6.07, 6.45) is -5.18. The Bertz CT molecular complexity index is 1320. The number of amides is 1. The van der Waals surface area contributed by atoms with Gasteiger partial charge in [-0.2, -0.15) is 13.2 Å². The van der Waals surface area contributed by atoms with E-state index in [1.54, 1.807) is 42.5 Å². The topological polar surface area (TPSA) is 89.7 Å². The number of ether oxygens (including phenoxy) is 1. The van der Waals surface area contributed by atoms with Crippen LogP contribution in [0.5, 0.6) is 0 Å². The van der Waals surface area contributed by atoms with Gasteiger partial charge >= 0.3 is 12.1 Å². The molecule has 4 rings (SSSR count). The standard InChI is InChI=1S/C27H23F3N2O4/c1-36-24(34)15-23(33)32-13-12-17-14-18(8-11-21(17)26(32)31)25(35)22-5-3-2-4-20(22)16-6-9-19(10-7-16)27(28,29)30/h2-11,14,26H,12-13,15,31H2,1H3. The van der Waals surface area contributed by atoms with Gasteiger partial charge in [-0.25, -0.2) is 0 Å². The van der Waals surface area contributed by atoms with Crippen LogP contribution < -0.4 is 5.73 Å². The summed E-state index contributed by atoms with van der Waals surface area (Å²) in [6, 6.07) is 16.4. The predicted molar refractivity (Wildman–Crippen MR) is 126 cm³/mol. The monoisotopic (exact) mass is 496 g/mol. The summed E-state index contributed by atoms with van der Waals surface area (Å²) in [5.74, 6) is -1.37. The highest BCUT2D eigenvalue weighted by Gasteiger charge is 2.31. The van der Waals surface area contributed by atoms with Gasteiger partial charge < -0.3 is 15.4 Å². The molecule has 0 saturated heterocycles. The number of fused-ring (bicyclic) bond motifs is 1. The van der Waals surface area contributed by atoms with E-state index in [-0.39, 0.29) is 12.3 Å². The van der Waals surface area contributed by atoms with Crippen molar-refractivity contribution in [1.29, 1.82) is 0 Å². The largest absolute Gasteiger partial charge is 0.469 e. The molecule has 6 nitrogen and oxygen atoms in total. The molecule has 186 valence electrons. The van der Waals surface area contributed by atoms with Crippen molar-refractivity contribution < 1.29 is 32.3 Å². The predicted octanol–water partition coefficient (Wildman–Crippen LogP) is 4.51. The average Bonchev–Trinajstić information content (AvgIpc) is 2.87. The third-order valence-electron chi connectivity index (χ3n) is 6.22. The van der Waals surface area contributed by atoms with Crippen LogP contribution in [0.2, 0.25) is 0 Å². The summed E-state index contributed by atoms with van der Waals surface area (Å²) in [5.41, 5.74) is 8.76. The van der Waals surface area contributed by atoms with Crippen LogP contribution in [0, 0.1) is 0 Å². The zero-order valence-corrected chi connectivity index (χ0v) is 19.3. The lowest BCUT2D eigenvalue weighted by Gasteiger charge is -2.35. The number of nitrogens with zero attached hydrogens (tertiary/aromatic N) is 1. The van der Waals surface area contributed by atoms with Crippen LogP contribution >= 0.6 is 0 Å². The molecule has 1 aliphatic heterocycles. The molecule has 1 amide bonds. The van der Waals surface area contributed by atoms with Gasteiger partial charge in [0.05, 0.1) is 12.7 Å². The number of ketones is 1. The molecule has 1 aliphatic rings. The minimum Gasteiger partial charge on any atom is -0.469 e. The Hall–Kier alpha value is -3.98. The van der Waals surface area contributed by atoms with Crippen LogP contribution in [0.4, 0.5) is 13.2 Å². The molecular weight excluding hydrogens is 473 g/mol. The number of rotatable bonds is 5. The summed E-state index contributed by atoms with van der Waals surface area (Å²) in [4.78, 5) is 38.7. The van der Waals surface area contributed by atoms with Crippen LogP contribution in [0.1, 0.15) is 45.2 Å². The Morgan fingerprint density at radius 3 is 2.39 bits per heavy atom. The van der Waals surface area contributed by atoms with E-state index >= 15 is 0 Å². The van der Waals surface area contributed by atoms with Gasteiger partial charge in [0, 0.05) is 17.7 Å². The van der Waals surface area contributed by atoms with Crippen molar-refractivity contribution in [2.75, 3.05) is 13.7 Å². The van der Waals surface area contributed by atoms with E-state index in [1.807, 2.05) is 0 Å². The molecule has 36 heavy (non-hydrogen) atoms. The van der Waals surface area contributed by atoms with Crippen molar-refractivity contribution in [3.05, 3.63) is 94.5 Å². The maximum absolute atomic E-state index is 13.4. The van der Waals surface area contributed by atoms with Gasteiger partial charge in [0.25, 0.3) is 0 Å². The maximum atomic E-state index is 13.4. The van der Waals surface area contributed by atoms with Crippen molar-refractivity contribution in [2.24, 2.45) is 5.73 Å². The summed E-state index contributed by atoms with van der Waals surface area (Å²) in [6.45, 7) is 0.282. The molecular formula is C27H23F3N2O4. The molecule has 0 radical (unpaired) electrons. The fourth-order valence-electron chi connectivity index (χ4n) is 4.30. The Morgan fingerprint density at radius 2 is 1.72 bits per heavy atom. The van der Waals surface area contributed by atoms with Gasteiger partial charge in [-0.3, -0.25) is 14.4 Å². The molecule has 0 saturated carbocycles. The fraction of sp³-hybridized carbons (Fsp3) is 0.222. The van der Waals surface area contributed by atoms with Gasteiger partial charge in [0.15, 0.2) is 5.78 Å². The SMILES string of the molecule is COC(=O)CC(=O)N1CCc2cc(C(=O)c3ccccc3-c3ccc(C(F)(F)F)cc3)ccc2C1N. The van der Waals surface area contributed by atoms with E-state index in [9.17, 15) is 27.6 Å². The zero-order valence-electron chi connectivity index (χ0n) is 19.3. The molecule has 0 aromatic heterocycles. The van der Waals surface area contributed by atoms with Crippen molar-refractivity contribution in [3.8, 4) is 11.1 Å². The molecule has 1 unspecified atom stereocenters. The van der Waals surface area contributed by atoms with E-state index in [0.717, 1.165) is 17.7 Å². The first kappa shape index (κ1) is 25.1. The molecule has 0 bridgehead atoms. The van der Waals surface area contributed by atoms with Gasteiger partial charge in [0.1, 0.15) is 12.6 Å². The lowest BCUT2D eigenvalue weighted by molar-refractivity contribution is -0.148. The van der Waals surface area contributed by atoms with Crippen LogP contribution in [-0.2, 0) is 26.9 Å². The van der Waals surface area contributed by atoms with Gasteiger partial charge in [-0.05, 0) is 46.9 Å². The van der Waals surface area contributed by atoms with Crippen LogP contribution in [-0.4, -0.2) is 36.2 Å². The highest BCUT2D eigenvalue weighted by molar-refractivity contribution is 6.13. The number of alkyl halides is 3. The average molecular weight is 496 g/mol. The number of methoxy groups -OCH3 is 1. The fourth-order valence-corrected chi connectivity index (χ4v) is 4.30. The number of nitrogens with two attached hydrogens (primary N) is 1. The molecule has 0 spiro atoms. The number of hydrogen-bond acceptors (Lipinski definition) is 5. The van der Waals surface area contributed by atoms with Crippen LogP contribution in [0.15, 0.2) is 66.7 Å². The number of carbonyl (C=O) groups is 3. The second-order valence-electron chi connectivity index (χ2n) is 8.40. The smallest absolute Gasteiger partial charge is 0.416 e. The summed E-state index contributed by atoms with van der Waals surface area (Å²) >= 11 is 0. The van der Waals surface area contributed by atoms with E-state index in [1.165, 1.54) is 24.1 Å². The third kappa shape index (κ3) is 5.01. The zero-order chi connectivity index (χ0) is 26.0. The first-order chi connectivity index (χ1) is 17.1. The number of benzene rings is 3. The molecule has 3 aromatic carbocycles. The van der Waals surface area contributed by atoms with Crippen molar-refractivity contribution >= 4 is 17.7 Å².